The summed E-state index contributed by atoms with van der Waals surface area (Å²) in [6.45, 7) is 10.0. The summed E-state index contributed by atoms with van der Waals surface area (Å²) in [7, 11) is -3.77. The molecule has 0 spiro atoms. The molecule has 0 saturated carbocycles. The van der Waals surface area contributed by atoms with E-state index in [9.17, 15) is 23.8 Å². The van der Waals surface area contributed by atoms with Crippen molar-refractivity contribution < 1.29 is 18.5 Å². The molecule has 0 radical (unpaired) electrons. The Labute approximate surface area is 196 Å². The largest absolute Gasteiger partial charge is 0.383 e. The molecule has 0 aliphatic heterocycles. The molecule has 176 valence electrons. The lowest BCUT2D eigenvalue weighted by atomic mass is 9.90. The summed E-state index contributed by atoms with van der Waals surface area (Å²) in [5, 5.41) is 31.2. The van der Waals surface area contributed by atoms with Crippen LogP contribution in [-0.4, -0.2) is 20.3 Å². The van der Waals surface area contributed by atoms with Gasteiger partial charge < -0.3 is 10.4 Å². The second-order valence-corrected chi connectivity index (χ2v) is 11.5. The summed E-state index contributed by atoms with van der Waals surface area (Å²) in [5.41, 5.74) is -0.678. The standard InChI is InChI=1S/C21H25FN6O3S2/c1-11(2)14-7-13(8-23)17(22)16(12(3)4)18(14)27-20(29)28-33(31,26-10-24)15-9-25-19(32-15)21(5,6)30/h7,9,11-12,30H,1-6H3,(H2,26,27,28,29,31)/t33-/m1/s1. The van der Waals surface area contributed by atoms with E-state index in [2.05, 4.69) is 14.7 Å². The first-order valence-electron chi connectivity index (χ1n) is 9.94. The highest BCUT2D eigenvalue weighted by molar-refractivity contribution is 7.94. The topological polar surface area (TPSA) is 151 Å². The Balaban J connectivity index is 2.63. The molecule has 1 heterocycles. The van der Waals surface area contributed by atoms with Crippen LogP contribution in [0.4, 0.5) is 14.9 Å². The normalized spacial score (nSPS) is 13.2. The molecule has 0 aliphatic rings. The lowest BCUT2D eigenvalue weighted by Crippen LogP contribution is -2.22. The number of benzene rings is 1. The van der Waals surface area contributed by atoms with Gasteiger partial charge in [0.05, 0.1) is 17.4 Å². The van der Waals surface area contributed by atoms with Crippen LogP contribution >= 0.6 is 11.3 Å². The van der Waals surface area contributed by atoms with Crippen molar-refractivity contribution in [2.75, 3.05) is 5.32 Å². The first-order chi connectivity index (χ1) is 15.2. The van der Waals surface area contributed by atoms with Crippen LogP contribution in [0.2, 0.25) is 0 Å². The molecule has 0 unspecified atom stereocenters. The minimum Gasteiger partial charge on any atom is -0.383 e. The summed E-state index contributed by atoms with van der Waals surface area (Å²) in [6.07, 6.45) is 2.70. The number of hydrogen-bond acceptors (Lipinski definition) is 7. The molecule has 3 N–H and O–H groups in total. The first-order valence-corrected chi connectivity index (χ1v) is 12.3. The van der Waals surface area contributed by atoms with E-state index in [0.29, 0.717) is 5.56 Å². The lowest BCUT2D eigenvalue weighted by Gasteiger charge is -2.21. The number of aliphatic hydroxyl groups is 1. The predicted octanol–water partition coefficient (Wildman–Crippen LogP) is 4.67. The quantitative estimate of drug-likeness (QED) is 0.393. The van der Waals surface area contributed by atoms with E-state index in [-0.39, 0.29) is 37.9 Å². The average molecular weight is 493 g/mol. The number of urea groups is 1. The summed E-state index contributed by atoms with van der Waals surface area (Å²) >= 11 is 0.839. The van der Waals surface area contributed by atoms with Crippen LogP contribution in [0.15, 0.2) is 20.8 Å². The van der Waals surface area contributed by atoms with Crippen LogP contribution in [0.25, 0.3) is 0 Å². The van der Waals surface area contributed by atoms with Gasteiger partial charge >= 0.3 is 6.03 Å². The summed E-state index contributed by atoms with van der Waals surface area (Å²) in [4.78, 5) is 16.8. The molecule has 2 amide bonds. The average Bonchev–Trinajstić information content (AvgIpc) is 3.19. The van der Waals surface area contributed by atoms with Crippen LogP contribution in [-0.2, 0) is 15.5 Å². The van der Waals surface area contributed by atoms with E-state index < -0.39 is 27.4 Å². The van der Waals surface area contributed by atoms with Crippen molar-refractivity contribution in [2.24, 2.45) is 4.36 Å². The van der Waals surface area contributed by atoms with Crippen LogP contribution in [0.3, 0.4) is 0 Å². The zero-order valence-corrected chi connectivity index (χ0v) is 20.7. The SMILES string of the molecule is CC(C)c1cc(C#N)c(F)c(C(C)C)c1NC(=O)N=[S@](=O)(NC#N)c1cnc(C(C)(C)O)s1. The number of carbonyl (C=O) groups excluding carboxylic acids is 1. The Hall–Kier alpha value is -3.06. The predicted molar refractivity (Wildman–Crippen MR) is 123 cm³/mol. The molecule has 0 saturated heterocycles. The number of hydrogen-bond donors (Lipinski definition) is 3. The van der Waals surface area contributed by atoms with Gasteiger partial charge in [-0.15, -0.1) is 15.7 Å². The van der Waals surface area contributed by atoms with E-state index in [4.69, 9.17) is 5.26 Å². The molecule has 2 rings (SSSR count). The van der Waals surface area contributed by atoms with E-state index in [1.165, 1.54) is 32.3 Å². The molecule has 1 atom stereocenters. The van der Waals surface area contributed by atoms with Gasteiger partial charge in [-0.05, 0) is 37.3 Å². The minimum absolute atomic E-state index is 0.0319. The maximum atomic E-state index is 15.0. The monoisotopic (exact) mass is 492 g/mol. The van der Waals surface area contributed by atoms with Gasteiger partial charge in [0.25, 0.3) is 0 Å². The fourth-order valence-electron chi connectivity index (χ4n) is 3.02. The van der Waals surface area contributed by atoms with Gasteiger partial charge in [-0.3, -0.25) is 0 Å². The van der Waals surface area contributed by atoms with Gasteiger partial charge in [0.15, 0.2) is 16.1 Å². The van der Waals surface area contributed by atoms with Crippen molar-refractivity contribution in [3.05, 3.63) is 39.8 Å². The molecule has 2 aromatic rings. The molecule has 33 heavy (non-hydrogen) atoms. The molecular weight excluding hydrogens is 467 g/mol. The van der Waals surface area contributed by atoms with Crippen molar-refractivity contribution in [2.45, 2.75) is 63.2 Å². The smallest absolute Gasteiger partial charge is 0.355 e. The molecule has 12 heteroatoms. The van der Waals surface area contributed by atoms with E-state index in [1.54, 1.807) is 13.8 Å². The third-order valence-electron chi connectivity index (χ3n) is 4.56. The molecule has 9 nitrogen and oxygen atoms in total. The highest BCUT2D eigenvalue weighted by Gasteiger charge is 2.27. The molecule has 0 aliphatic carbocycles. The molecule has 0 bridgehead atoms. The van der Waals surface area contributed by atoms with Gasteiger partial charge in [0.1, 0.15) is 26.7 Å². The minimum atomic E-state index is -3.77. The number of nitriles is 2. The highest BCUT2D eigenvalue weighted by Crippen LogP contribution is 2.36. The Morgan fingerprint density at radius 1 is 1.30 bits per heavy atom. The zero-order valence-electron chi connectivity index (χ0n) is 19.1. The number of carbonyl (C=O) groups is 1. The van der Waals surface area contributed by atoms with Gasteiger partial charge in [-0.25, -0.2) is 23.1 Å². The van der Waals surface area contributed by atoms with Crippen LogP contribution in [0.1, 0.15) is 75.1 Å². The van der Waals surface area contributed by atoms with Gasteiger partial charge in [0.2, 0.25) is 0 Å². The van der Waals surface area contributed by atoms with Gasteiger partial charge in [-0.1, -0.05) is 27.7 Å². The second-order valence-electron chi connectivity index (χ2n) is 8.34. The summed E-state index contributed by atoms with van der Waals surface area (Å²) < 4.78 is 34.0. The Bertz CT molecular complexity index is 1270. The maximum absolute atomic E-state index is 15.0. The Kier molecular flexibility index (Phi) is 7.80. The molecule has 0 fully saturated rings. The number of rotatable bonds is 6. The number of thiazole rings is 1. The Morgan fingerprint density at radius 3 is 2.39 bits per heavy atom. The van der Waals surface area contributed by atoms with Crippen LogP contribution in [0, 0.1) is 28.6 Å². The Morgan fingerprint density at radius 2 is 1.94 bits per heavy atom. The lowest BCUT2D eigenvalue weighted by molar-refractivity contribution is 0.0783. The fraction of sp³-hybridized carbons (Fsp3) is 0.429. The van der Waals surface area contributed by atoms with Crippen molar-refractivity contribution >= 4 is 33.0 Å². The number of amides is 2. The van der Waals surface area contributed by atoms with Crippen molar-refractivity contribution in [3.63, 3.8) is 0 Å². The van der Waals surface area contributed by atoms with Crippen molar-refractivity contribution in [1.82, 2.24) is 9.71 Å². The summed E-state index contributed by atoms with van der Waals surface area (Å²) in [6, 6.07) is 2.12. The van der Waals surface area contributed by atoms with Crippen LogP contribution < -0.4 is 10.0 Å². The molecule has 1 aromatic heterocycles. The van der Waals surface area contributed by atoms with E-state index in [1.807, 2.05) is 24.6 Å². The fourth-order valence-corrected chi connectivity index (χ4v) is 5.43. The van der Waals surface area contributed by atoms with Gasteiger partial charge in [-0.2, -0.15) is 10.5 Å². The maximum Gasteiger partial charge on any atom is 0.355 e. The molecule has 1 aromatic carbocycles. The first kappa shape index (κ1) is 26.2. The van der Waals surface area contributed by atoms with Crippen molar-refractivity contribution in [3.8, 4) is 12.3 Å². The van der Waals surface area contributed by atoms with E-state index in [0.717, 1.165) is 11.3 Å². The highest BCUT2D eigenvalue weighted by atomic mass is 32.2. The number of halogens is 1. The number of nitrogens with zero attached hydrogens (tertiary/aromatic N) is 4. The number of aromatic nitrogens is 1. The van der Waals surface area contributed by atoms with Crippen LogP contribution in [0.5, 0.6) is 0 Å². The van der Waals surface area contributed by atoms with Crippen molar-refractivity contribution in [1.29, 1.82) is 10.5 Å². The summed E-state index contributed by atoms with van der Waals surface area (Å²) in [5.74, 6) is -1.31. The van der Waals surface area contributed by atoms with Gasteiger partial charge in [0, 0.05) is 5.56 Å². The van der Waals surface area contributed by atoms with E-state index >= 15 is 0 Å². The zero-order chi connectivity index (χ0) is 25.1. The number of nitrogens with one attached hydrogen (secondary N) is 2. The second kappa shape index (κ2) is 9.83. The number of anilines is 1. The molecular formula is C21H25FN6O3S2. The third kappa shape index (κ3) is 5.66. The third-order valence-corrected chi connectivity index (χ3v) is 8.03.